The summed E-state index contributed by atoms with van der Waals surface area (Å²) in [5, 5.41) is 5.05. The number of carbonyl (C=O) groups excluding carboxylic acids is 2. The molecule has 2 amide bonds. The lowest BCUT2D eigenvalue weighted by Crippen LogP contribution is -2.23. The van der Waals surface area contributed by atoms with E-state index in [-0.39, 0.29) is 17.6 Å². The number of rotatable bonds is 4. The van der Waals surface area contributed by atoms with E-state index < -0.39 is 0 Å². The van der Waals surface area contributed by atoms with Gasteiger partial charge in [-0.25, -0.2) is 9.37 Å². The van der Waals surface area contributed by atoms with Gasteiger partial charge in [0, 0.05) is 35.2 Å². The Kier molecular flexibility index (Phi) is 4.68. The first-order chi connectivity index (χ1) is 13.1. The van der Waals surface area contributed by atoms with Crippen molar-refractivity contribution in [2.75, 3.05) is 16.8 Å². The van der Waals surface area contributed by atoms with Crippen molar-refractivity contribution < 1.29 is 14.0 Å². The Morgan fingerprint density at radius 1 is 1.11 bits per heavy atom. The third kappa shape index (κ3) is 3.73. The lowest BCUT2D eigenvalue weighted by molar-refractivity contribution is -0.117. The Bertz CT molecular complexity index is 983. The first-order valence-electron chi connectivity index (χ1n) is 8.53. The highest BCUT2D eigenvalue weighted by atomic mass is 32.1. The van der Waals surface area contributed by atoms with Crippen LogP contribution in [0.4, 0.5) is 15.2 Å². The summed E-state index contributed by atoms with van der Waals surface area (Å²) in [5.74, 6) is -0.459. The maximum absolute atomic E-state index is 13.0. The molecule has 1 N–H and O–H groups in total. The van der Waals surface area contributed by atoms with Gasteiger partial charge in [0.1, 0.15) is 5.82 Å². The van der Waals surface area contributed by atoms with Gasteiger partial charge in [-0.3, -0.25) is 14.9 Å². The van der Waals surface area contributed by atoms with Crippen molar-refractivity contribution in [3.05, 3.63) is 65.3 Å². The molecule has 3 aromatic rings. The van der Waals surface area contributed by atoms with Crippen molar-refractivity contribution in [2.24, 2.45) is 0 Å². The van der Waals surface area contributed by atoms with E-state index >= 15 is 0 Å². The summed E-state index contributed by atoms with van der Waals surface area (Å²) in [6, 6.07) is 13.0. The first kappa shape index (κ1) is 17.4. The molecule has 0 saturated carbocycles. The minimum absolute atomic E-state index is 0.114. The number of anilines is 2. The fourth-order valence-electron chi connectivity index (χ4n) is 2.97. The molecule has 0 spiro atoms. The summed E-state index contributed by atoms with van der Waals surface area (Å²) in [6.45, 7) is 0.718. The van der Waals surface area contributed by atoms with Crippen LogP contribution in [0.1, 0.15) is 23.2 Å². The number of aromatic nitrogens is 1. The monoisotopic (exact) mass is 381 g/mol. The lowest BCUT2D eigenvalue weighted by atomic mass is 10.2. The smallest absolute Gasteiger partial charge is 0.257 e. The van der Waals surface area contributed by atoms with E-state index in [1.807, 2.05) is 5.38 Å². The Balaban J connectivity index is 1.44. The number of carbonyl (C=O) groups is 2. The average Bonchev–Trinajstić information content (AvgIpc) is 3.31. The van der Waals surface area contributed by atoms with Crippen LogP contribution in [0.25, 0.3) is 11.3 Å². The van der Waals surface area contributed by atoms with Crippen LogP contribution in [0.3, 0.4) is 0 Å². The molecule has 136 valence electrons. The number of halogens is 1. The van der Waals surface area contributed by atoms with Crippen molar-refractivity contribution in [3.8, 4) is 11.3 Å². The standard InChI is InChI=1S/C20H16FN3O2S/c21-15-7-3-13(4-8-15)17-12-27-20(22-17)23-19(26)14-5-9-16(10-6-14)24-11-1-2-18(24)25/h3-10,12H,1-2,11H2,(H,22,23,26). The number of nitrogens with zero attached hydrogens (tertiary/aromatic N) is 2. The van der Waals surface area contributed by atoms with Gasteiger partial charge in [0.25, 0.3) is 5.91 Å². The maximum atomic E-state index is 13.0. The van der Waals surface area contributed by atoms with Gasteiger partial charge in [0.2, 0.25) is 5.91 Å². The van der Waals surface area contributed by atoms with Gasteiger partial charge in [-0.15, -0.1) is 11.3 Å². The van der Waals surface area contributed by atoms with E-state index in [2.05, 4.69) is 10.3 Å². The summed E-state index contributed by atoms with van der Waals surface area (Å²) in [6.07, 6.45) is 1.43. The summed E-state index contributed by atoms with van der Waals surface area (Å²) >= 11 is 1.31. The zero-order chi connectivity index (χ0) is 18.8. The molecule has 0 radical (unpaired) electrons. The first-order valence-corrected chi connectivity index (χ1v) is 9.41. The Morgan fingerprint density at radius 3 is 2.52 bits per heavy atom. The highest BCUT2D eigenvalue weighted by Gasteiger charge is 2.21. The van der Waals surface area contributed by atoms with Crippen LogP contribution >= 0.6 is 11.3 Å². The van der Waals surface area contributed by atoms with Crippen LogP contribution in [0.2, 0.25) is 0 Å². The third-order valence-electron chi connectivity index (χ3n) is 4.38. The van der Waals surface area contributed by atoms with E-state index in [0.717, 1.165) is 24.2 Å². The number of hydrogen-bond donors (Lipinski definition) is 1. The maximum Gasteiger partial charge on any atom is 0.257 e. The second-order valence-corrected chi connectivity index (χ2v) is 7.05. The van der Waals surface area contributed by atoms with E-state index in [9.17, 15) is 14.0 Å². The molecular weight excluding hydrogens is 365 g/mol. The van der Waals surface area contributed by atoms with Crippen molar-refractivity contribution in [3.63, 3.8) is 0 Å². The zero-order valence-electron chi connectivity index (χ0n) is 14.3. The van der Waals surface area contributed by atoms with E-state index in [0.29, 0.717) is 22.8 Å². The summed E-state index contributed by atoms with van der Waals surface area (Å²) < 4.78 is 13.0. The minimum atomic E-state index is -0.304. The second kappa shape index (κ2) is 7.28. The number of nitrogens with one attached hydrogen (secondary N) is 1. The lowest BCUT2D eigenvalue weighted by Gasteiger charge is -2.15. The van der Waals surface area contributed by atoms with Crippen LogP contribution in [0.5, 0.6) is 0 Å². The fraction of sp³-hybridized carbons (Fsp3) is 0.150. The number of hydrogen-bond acceptors (Lipinski definition) is 4. The van der Waals surface area contributed by atoms with Gasteiger partial charge >= 0.3 is 0 Å². The van der Waals surface area contributed by atoms with E-state index in [1.54, 1.807) is 41.3 Å². The quantitative estimate of drug-likeness (QED) is 0.732. The Morgan fingerprint density at radius 2 is 1.85 bits per heavy atom. The predicted octanol–water partition coefficient (Wildman–Crippen LogP) is 4.33. The predicted molar refractivity (Wildman–Crippen MR) is 103 cm³/mol. The largest absolute Gasteiger partial charge is 0.312 e. The summed E-state index contributed by atoms with van der Waals surface area (Å²) in [5.41, 5.74) is 2.76. The van der Waals surface area contributed by atoms with Crippen LogP contribution in [0, 0.1) is 5.82 Å². The Labute approximate surface area is 159 Å². The average molecular weight is 381 g/mol. The van der Waals surface area contributed by atoms with Gasteiger partial charge in [-0.2, -0.15) is 0 Å². The van der Waals surface area contributed by atoms with Crippen molar-refractivity contribution in [2.45, 2.75) is 12.8 Å². The van der Waals surface area contributed by atoms with Gasteiger partial charge in [0.15, 0.2) is 5.13 Å². The molecule has 0 bridgehead atoms. The third-order valence-corrected chi connectivity index (χ3v) is 5.14. The molecular formula is C20H16FN3O2S. The molecule has 2 aromatic carbocycles. The van der Waals surface area contributed by atoms with E-state index in [1.165, 1.54) is 23.5 Å². The molecule has 1 aliphatic rings. The van der Waals surface area contributed by atoms with E-state index in [4.69, 9.17) is 0 Å². The molecule has 0 atom stereocenters. The molecule has 2 heterocycles. The molecule has 1 fully saturated rings. The van der Waals surface area contributed by atoms with Crippen molar-refractivity contribution >= 4 is 34.0 Å². The molecule has 27 heavy (non-hydrogen) atoms. The van der Waals surface area contributed by atoms with Crippen LogP contribution < -0.4 is 10.2 Å². The molecule has 1 aromatic heterocycles. The topological polar surface area (TPSA) is 62.3 Å². The van der Waals surface area contributed by atoms with Gasteiger partial charge in [0.05, 0.1) is 5.69 Å². The molecule has 5 nitrogen and oxygen atoms in total. The van der Waals surface area contributed by atoms with Crippen molar-refractivity contribution in [1.29, 1.82) is 0 Å². The zero-order valence-corrected chi connectivity index (χ0v) is 15.1. The number of thiazole rings is 1. The van der Waals surface area contributed by atoms with Gasteiger partial charge in [-0.05, 0) is 55.0 Å². The Hall–Kier alpha value is -3.06. The highest BCUT2D eigenvalue weighted by molar-refractivity contribution is 7.14. The SMILES string of the molecule is O=C(Nc1nc(-c2ccc(F)cc2)cs1)c1ccc(N2CCCC2=O)cc1. The molecule has 1 saturated heterocycles. The van der Waals surface area contributed by atoms with Gasteiger partial charge in [-0.1, -0.05) is 0 Å². The number of benzene rings is 2. The number of amides is 2. The molecule has 4 rings (SSSR count). The molecule has 0 aliphatic carbocycles. The minimum Gasteiger partial charge on any atom is -0.312 e. The van der Waals surface area contributed by atoms with Gasteiger partial charge < -0.3 is 4.90 Å². The van der Waals surface area contributed by atoms with Crippen LogP contribution in [-0.2, 0) is 4.79 Å². The molecule has 7 heteroatoms. The molecule has 1 aliphatic heterocycles. The highest BCUT2D eigenvalue weighted by Crippen LogP contribution is 2.26. The van der Waals surface area contributed by atoms with Crippen LogP contribution in [-0.4, -0.2) is 23.3 Å². The second-order valence-electron chi connectivity index (χ2n) is 6.19. The van der Waals surface area contributed by atoms with Crippen LogP contribution in [0.15, 0.2) is 53.9 Å². The van der Waals surface area contributed by atoms with Crippen molar-refractivity contribution in [1.82, 2.24) is 4.98 Å². The normalized spacial score (nSPS) is 13.8. The summed E-state index contributed by atoms with van der Waals surface area (Å²) in [7, 11) is 0. The summed E-state index contributed by atoms with van der Waals surface area (Å²) in [4.78, 5) is 30.3. The molecule has 0 unspecified atom stereocenters. The fourth-order valence-corrected chi connectivity index (χ4v) is 3.68.